The van der Waals surface area contributed by atoms with Crippen LogP contribution in [0.1, 0.15) is 32.3 Å². The van der Waals surface area contributed by atoms with Crippen molar-refractivity contribution in [2.75, 3.05) is 43.4 Å². The van der Waals surface area contributed by atoms with Gasteiger partial charge in [0.05, 0.1) is 6.54 Å². The van der Waals surface area contributed by atoms with E-state index in [4.69, 9.17) is 0 Å². The third-order valence-corrected chi connectivity index (χ3v) is 3.54. The third kappa shape index (κ3) is 2.84. The predicted molar refractivity (Wildman–Crippen MR) is 80.1 cm³/mol. The van der Waals surface area contributed by atoms with Crippen LogP contribution in [0.3, 0.4) is 0 Å². The first kappa shape index (κ1) is 14.6. The molecule has 0 saturated carbocycles. The number of nitrogens with zero attached hydrogens (tertiary/aromatic N) is 4. The average molecular weight is 277 g/mol. The summed E-state index contributed by atoms with van der Waals surface area (Å²) in [5, 5.41) is 3.28. The first-order valence-electron chi connectivity index (χ1n) is 7.12. The van der Waals surface area contributed by atoms with Gasteiger partial charge in [0, 0.05) is 32.2 Å². The topological polar surface area (TPSA) is 61.4 Å². The van der Waals surface area contributed by atoms with Crippen molar-refractivity contribution in [3.63, 3.8) is 0 Å². The molecule has 6 heteroatoms. The van der Waals surface area contributed by atoms with Crippen LogP contribution in [0.4, 0.5) is 11.6 Å². The Balaban J connectivity index is 2.35. The van der Waals surface area contributed by atoms with E-state index in [2.05, 4.69) is 34.0 Å². The van der Waals surface area contributed by atoms with E-state index >= 15 is 0 Å². The van der Waals surface area contributed by atoms with Gasteiger partial charge >= 0.3 is 0 Å². The maximum absolute atomic E-state index is 11.9. The van der Waals surface area contributed by atoms with Crippen molar-refractivity contribution in [1.82, 2.24) is 14.9 Å². The molecule has 0 unspecified atom stereocenters. The van der Waals surface area contributed by atoms with Gasteiger partial charge in [-0.3, -0.25) is 4.79 Å². The highest BCUT2D eigenvalue weighted by Gasteiger charge is 2.26. The molecule has 1 fully saturated rings. The van der Waals surface area contributed by atoms with Gasteiger partial charge in [-0.05, 0) is 12.8 Å². The Morgan fingerprint density at radius 2 is 2.10 bits per heavy atom. The zero-order valence-electron chi connectivity index (χ0n) is 12.7. The summed E-state index contributed by atoms with van der Waals surface area (Å²) in [4.78, 5) is 24.5. The first-order valence-corrected chi connectivity index (χ1v) is 7.12. The number of carbonyl (C=O) groups is 1. The molecule has 1 aromatic rings. The lowest BCUT2D eigenvalue weighted by Gasteiger charge is -2.34. The van der Waals surface area contributed by atoms with Gasteiger partial charge in [-0.2, -0.15) is 0 Å². The molecule has 1 amide bonds. The summed E-state index contributed by atoms with van der Waals surface area (Å²) in [6, 6.07) is 0. The number of nitrogens with one attached hydrogen (secondary N) is 1. The molecule has 1 aliphatic rings. The Hall–Kier alpha value is -1.85. The summed E-state index contributed by atoms with van der Waals surface area (Å²) in [7, 11) is 1.84. The van der Waals surface area contributed by atoms with Crippen molar-refractivity contribution in [3.8, 4) is 0 Å². The van der Waals surface area contributed by atoms with E-state index in [0.29, 0.717) is 12.5 Å². The maximum atomic E-state index is 11.9. The Morgan fingerprint density at radius 1 is 1.35 bits per heavy atom. The van der Waals surface area contributed by atoms with Crippen LogP contribution in [-0.2, 0) is 4.79 Å². The van der Waals surface area contributed by atoms with E-state index in [0.717, 1.165) is 36.8 Å². The van der Waals surface area contributed by atoms with Crippen molar-refractivity contribution in [2.45, 2.75) is 26.7 Å². The van der Waals surface area contributed by atoms with Gasteiger partial charge in [0.1, 0.15) is 18.0 Å². The average Bonchev–Trinajstić information content (AvgIpc) is 2.42. The molecule has 0 aromatic carbocycles. The van der Waals surface area contributed by atoms with Crippen molar-refractivity contribution in [3.05, 3.63) is 11.9 Å². The fourth-order valence-electron chi connectivity index (χ4n) is 2.42. The van der Waals surface area contributed by atoms with Crippen LogP contribution in [0, 0.1) is 0 Å². The van der Waals surface area contributed by atoms with Crippen LogP contribution >= 0.6 is 0 Å². The Morgan fingerprint density at radius 3 is 2.70 bits per heavy atom. The minimum Gasteiger partial charge on any atom is -0.370 e. The molecule has 20 heavy (non-hydrogen) atoms. The van der Waals surface area contributed by atoms with E-state index in [1.165, 1.54) is 0 Å². The summed E-state index contributed by atoms with van der Waals surface area (Å²) < 4.78 is 0. The minimum absolute atomic E-state index is 0.134. The molecule has 6 nitrogen and oxygen atoms in total. The van der Waals surface area contributed by atoms with Gasteiger partial charge in [0.2, 0.25) is 5.91 Å². The first-order chi connectivity index (χ1) is 9.54. The molecular formula is C14H23N5O. The molecule has 110 valence electrons. The van der Waals surface area contributed by atoms with Crippen LogP contribution in [0.15, 0.2) is 6.33 Å². The Bertz CT molecular complexity index is 488. The quantitative estimate of drug-likeness (QED) is 0.899. The number of rotatable bonds is 4. The molecule has 1 aromatic heterocycles. The summed E-state index contributed by atoms with van der Waals surface area (Å²) in [5.41, 5.74) is 1.09. The fraction of sp³-hybridized carbons (Fsp3) is 0.643. The number of piperazine rings is 1. The molecule has 1 saturated heterocycles. The van der Waals surface area contributed by atoms with Crippen LogP contribution < -0.4 is 10.2 Å². The van der Waals surface area contributed by atoms with Crippen LogP contribution in [0.2, 0.25) is 0 Å². The van der Waals surface area contributed by atoms with E-state index in [1.54, 1.807) is 11.2 Å². The van der Waals surface area contributed by atoms with E-state index in [9.17, 15) is 4.79 Å². The van der Waals surface area contributed by atoms with Gasteiger partial charge < -0.3 is 15.1 Å². The normalized spacial score (nSPS) is 15.9. The van der Waals surface area contributed by atoms with Crippen molar-refractivity contribution in [2.24, 2.45) is 0 Å². The SMILES string of the molecule is CCNc1ncnc(N2CCN(C)C(=O)C2)c1C(C)C. The Labute approximate surface area is 120 Å². The van der Waals surface area contributed by atoms with Crippen molar-refractivity contribution in [1.29, 1.82) is 0 Å². The largest absolute Gasteiger partial charge is 0.370 e. The number of carbonyl (C=O) groups excluding carboxylic acids is 1. The second-order valence-corrected chi connectivity index (χ2v) is 5.38. The lowest BCUT2D eigenvalue weighted by Crippen LogP contribution is -2.49. The van der Waals surface area contributed by atoms with Gasteiger partial charge in [0.25, 0.3) is 0 Å². The van der Waals surface area contributed by atoms with Crippen LogP contribution in [0.5, 0.6) is 0 Å². The van der Waals surface area contributed by atoms with E-state index in [-0.39, 0.29) is 5.91 Å². The molecule has 0 atom stereocenters. The number of amides is 1. The van der Waals surface area contributed by atoms with Crippen molar-refractivity contribution < 1.29 is 4.79 Å². The van der Waals surface area contributed by atoms with Crippen molar-refractivity contribution >= 4 is 17.5 Å². The number of aromatic nitrogens is 2. The summed E-state index contributed by atoms with van der Waals surface area (Å²) >= 11 is 0. The molecule has 0 spiro atoms. The number of likely N-dealkylation sites (N-methyl/N-ethyl adjacent to an activating group) is 1. The van der Waals surface area contributed by atoms with E-state index < -0.39 is 0 Å². The molecule has 0 aliphatic carbocycles. The van der Waals surface area contributed by atoms with Gasteiger partial charge in [0.15, 0.2) is 0 Å². The third-order valence-electron chi connectivity index (χ3n) is 3.54. The standard InChI is InChI=1S/C14H23N5O/c1-5-15-13-12(10(2)3)14(17-9-16-13)19-7-6-18(4)11(20)8-19/h9-10H,5-8H2,1-4H3,(H,15,16,17). The Kier molecular flexibility index (Phi) is 4.42. The van der Waals surface area contributed by atoms with Crippen LogP contribution in [-0.4, -0.2) is 54.0 Å². The van der Waals surface area contributed by atoms with Gasteiger partial charge in [-0.25, -0.2) is 9.97 Å². The zero-order chi connectivity index (χ0) is 14.7. The van der Waals surface area contributed by atoms with Gasteiger partial charge in [-0.15, -0.1) is 0 Å². The second kappa shape index (κ2) is 6.07. The maximum Gasteiger partial charge on any atom is 0.241 e. The minimum atomic E-state index is 0.134. The molecule has 1 aliphatic heterocycles. The summed E-state index contributed by atoms with van der Waals surface area (Å²) in [6.07, 6.45) is 1.57. The smallest absolute Gasteiger partial charge is 0.241 e. The lowest BCUT2D eigenvalue weighted by molar-refractivity contribution is -0.129. The number of hydrogen-bond donors (Lipinski definition) is 1. The molecule has 2 heterocycles. The number of anilines is 2. The van der Waals surface area contributed by atoms with Crippen LogP contribution in [0.25, 0.3) is 0 Å². The summed E-state index contributed by atoms with van der Waals surface area (Å²) in [5.74, 6) is 2.19. The van der Waals surface area contributed by atoms with Gasteiger partial charge in [-0.1, -0.05) is 13.8 Å². The highest BCUT2D eigenvalue weighted by Crippen LogP contribution is 2.31. The molecular weight excluding hydrogens is 254 g/mol. The highest BCUT2D eigenvalue weighted by atomic mass is 16.2. The lowest BCUT2D eigenvalue weighted by atomic mass is 10.0. The predicted octanol–water partition coefficient (Wildman–Crippen LogP) is 1.31. The summed E-state index contributed by atoms with van der Waals surface area (Å²) in [6.45, 7) is 9.05. The molecule has 0 bridgehead atoms. The number of hydrogen-bond acceptors (Lipinski definition) is 5. The second-order valence-electron chi connectivity index (χ2n) is 5.38. The van der Waals surface area contributed by atoms with E-state index in [1.807, 2.05) is 14.0 Å². The fourth-order valence-corrected chi connectivity index (χ4v) is 2.42. The molecule has 1 N–H and O–H groups in total. The zero-order valence-corrected chi connectivity index (χ0v) is 12.7. The monoisotopic (exact) mass is 277 g/mol. The highest BCUT2D eigenvalue weighted by molar-refractivity contribution is 5.82. The molecule has 2 rings (SSSR count). The molecule has 0 radical (unpaired) electrons.